The van der Waals surface area contributed by atoms with Gasteiger partial charge in [0.1, 0.15) is 17.7 Å². The molecular formula is C31H28Cl2F2N8. The largest absolute Gasteiger partial charge is 0.373 e. The summed E-state index contributed by atoms with van der Waals surface area (Å²) in [6.45, 7) is 2.03. The maximum Gasteiger partial charge on any atom is 0.141 e. The van der Waals surface area contributed by atoms with Crippen molar-refractivity contribution in [3.05, 3.63) is 105 Å². The fourth-order valence-corrected chi connectivity index (χ4v) is 5.85. The van der Waals surface area contributed by atoms with E-state index in [0.717, 1.165) is 37.2 Å². The summed E-state index contributed by atoms with van der Waals surface area (Å²) >= 11 is 12.7. The van der Waals surface area contributed by atoms with Crippen LogP contribution >= 0.6 is 23.2 Å². The molecule has 220 valence electrons. The van der Waals surface area contributed by atoms with Crippen LogP contribution in [0.1, 0.15) is 30.0 Å². The van der Waals surface area contributed by atoms with E-state index in [2.05, 4.69) is 49.6 Å². The number of pyridine rings is 1. The zero-order valence-electron chi connectivity index (χ0n) is 23.1. The highest BCUT2D eigenvalue weighted by molar-refractivity contribution is 6.36. The molecule has 1 fully saturated rings. The normalized spacial score (nSPS) is 16.5. The molecule has 1 saturated heterocycles. The van der Waals surface area contributed by atoms with E-state index in [9.17, 15) is 14.0 Å². The third kappa shape index (κ3) is 6.17. The Morgan fingerprint density at radius 3 is 2.49 bits per heavy atom. The number of aromatic nitrogens is 1. The molecule has 0 amide bonds. The summed E-state index contributed by atoms with van der Waals surface area (Å²) < 4.78 is 27.7. The number of nitrogens with zero attached hydrogens (tertiary/aromatic N) is 4. The van der Waals surface area contributed by atoms with Gasteiger partial charge in [-0.25, -0.2) is 8.78 Å². The van der Waals surface area contributed by atoms with Crippen molar-refractivity contribution < 1.29 is 8.78 Å². The van der Waals surface area contributed by atoms with E-state index in [1.54, 1.807) is 18.2 Å². The molecule has 0 bridgehead atoms. The summed E-state index contributed by atoms with van der Waals surface area (Å²) in [6.07, 6.45) is 5.52. The Labute approximate surface area is 257 Å². The van der Waals surface area contributed by atoms with Crippen LogP contribution in [0, 0.1) is 23.0 Å². The lowest BCUT2D eigenvalue weighted by molar-refractivity contribution is 0.121. The van der Waals surface area contributed by atoms with Crippen LogP contribution in [0.25, 0.3) is 10.9 Å². The highest BCUT2D eigenvalue weighted by Gasteiger charge is 2.28. The molecule has 1 atom stereocenters. The van der Waals surface area contributed by atoms with Gasteiger partial charge in [0.15, 0.2) is 0 Å². The Morgan fingerprint density at radius 2 is 1.77 bits per heavy atom. The molecule has 43 heavy (non-hydrogen) atoms. The van der Waals surface area contributed by atoms with E-state index in [0.29, 0.717) is 39.0 Å². The van der Waals surface area contributed by atoms with E-state index in [-0.39, 0.29) is 16.4 Å². The van der Waals surface area contributed by atoms with Crippen molar-refractivity contribution in [3.8, 4) is 6.07 Å². The third-order valence-electron chi connectivity index (χ3n) is 7.75. The number of piperidine rings is 1. The van der Waals surface area contributed by atoms with Gasteiger partial charge in [0, 0.05) is 35.2 Å². The number of anilines is 3. The van der Waals surface area contributed by atoms with Crippen LogP contribution < -0.4 is 21.6 Å². The second-order valence-corrected chi connectivity index (χ2v) is 11.5. The molecule has 4 N–H and O–H groups in total. The number of fused-ring (bicyclic) bond motifs is 1. The SMILES string of the molecule is CN1CCC(N2C=C([C@@H](Nc3cc(Cl)c4ncc(C#N)c(Nc5ccc(F)c(Cl)c5)c4c3)c3ccc(F)cc3)NN2)CC1. The molecule has 0 saturated carbocycles. The lowest BCUT2D eigenvalue weighted by atomic mass is 10.0. The number of halogens is 4. The quantitative estimate of drug-likeness (QED) is 0.178. The maximum absolute atomic E-state index is 13.9. The van der Waals surface area contributed by atoms with Gasteiger partial charge in [0.05, 0.1) is 38.6 Å². The Kier molecular flexibility index (Phi) is 8.23. The summed E-state index contributed by atoms with van der Waals surface area (Å²) in [7, 11) is 2.13. The first kappa shape index (κ1) is 29.0. The predicted molar refractivity (Wildman–Crippen MR) is 166 cm³/mol. The van der Waals surface area contributed by atoms with Crippen molar-refractivity contribution in [2.24, 2.45) is 0 Å². The molecule has 1 aromatic heterocycles. The highest BCUT2D eigenvalue weighted by Crippen LogP contribution is 2.37. The molecule has 8 nitrogen and oxygen atoms in total. The predicted octanol–water partition coefficient (Wildman–Crippen LogP) is 6.85. The van der Waals surface area contributed by atoms with Crippen LogP contribution in [0.3, 0.4) is 0 Å². The van der Waals surface area contributed by atoms with E-state index in [1.165, 1.54) is 36.5 Å². The Morgan fingerprint density at radius 1 is 1.02 bits per heavy atom. The molecule has 2 aliphatic heterocycles. The van der Waals surface area contributed by atoms with Gasteiger partial charge >= 0.3 is 0 Å². The summed E-state index contributed by atoms with van der Waals surface area (Å²) in [4.78, 5) is 6.74. The molecule has 0 aliphatic carbocycles. The molecule has 3 aromatic carbocycles. The summed E-state index contributed by atoms with van der Waals surface area (Å²) in [6, 6.07) is 16.2. The van der Waals surface area contributed by atoms with Crippen LogP contribution in [0.15, 0.2) is 72.7 Å². The molecule has 0 spiro atoms. The van der Waals surface area contributed by atoms with Gasteiger partial charge in [-0.1, -0.05) is 35.3 Å². The first-order chi connectivity index (χ1) is 20.8. The molecule has 3 heterocycles. The number of hydrazine groups is 2. The number of benzene rings is 3. The van der Waals surface area contributed by atoms with Gasteiger partial charge in [-0.3, -0.25) is 9.99 Å². The average Bonchev–Trinajstić information content (AvgIpc) is 3.49. The van der Waals surface area contributed by atoms with E-state index < -0.39 is 11.9 Å². The Balaban J connectivity index is 1.38. The van der Waals surface area contributed by atoms with Crippen molar-refractivity contribution in [2.45, 2.75) is 24.9 Å². The molecule has 6 rings (SSSR count). The standard InChI is InChI=1S/C31H28Cl2F2N8/c1-42-10-8-23(9-11-42)43-17-28(40-41-43)30(18-2-4-20(34)5-3-18)39-22-12-24-29(38-21-6-7-27(35)25(32)13-21)19(15-36)16-37-31(24)26(33)14-22/h2-7,12-14,16-17,23,30,39-41H,8-11H2,1H3,(H,37,38)/t30-/m0/s1. The molecular weight excluding hydrogens is 593 g/mol. The van der Waals surface area contributed by atoms with Crippen LogP contribution in [0.2, 0.25) is 10.0 Å². The smallest absolute Gasteiger partial charge is 0.141 e. The first-order valence-corrected chi connectivity index (χ1v) is 14.5. The summed E-state index contributed by atoms with van der Waals surface area (Å²) in [5.41, 5.74) is 10.6. The zero-order chi connectivity index (χ0) is 30.1. The molecule has 12 heteroatoms. The van der Waals surface area contributed by atoms with E-state index >= 15 is 0 Å². The number of rotatable bonds is 7. The second kappa shape index (κ2) is 12.2. The van der Waals surface area contributed by atoms with Crippen LogP contribution in [-0.2, 0) is 0 Å². The number of hydrogen-bond acceptors (Lipinski definition) is 8. The van der Waals surface area contributed by atoms with Crippen molar-refractivity contribution in [3.63, 3.8) is 0 Å². The van der Waals surface area contributed by atoms with Gasteiger partial charge in [-0.05, 0) is 81.0 Å². The van der Waals surface area contributed by atoms with Crippen molar-refractivity contribution in [1.29, 1.82) is 5.26 Å². The molecule has 0 unspecified atom stereocenters. The lowest BCUT2D eigenvalue weighted by Crippen LogP contribution is -2.48. The topological polar surface area (TPSA) is 91.3 Å². The van der Waals surface area contributed by atoms with Gasteiger partial charge in [-0.15, -0.1) is 5.53 Å². The Bertz CT molecular complexity index is 1730. The van der Waals surface area contributed by atoms with Crippen LogP contribution in [0.5, 0.6) is 0 Å². The van der Waals surface area contributed by atoms with Crippen molar-refractivity contribution >= 4 is 51.2 Å². The van der Waals surface area contributed by atoms with Gasteiger partial charge in [0.2, 0.25) is 0 Å². The lowest BCUT2D eigenvalue weighted by Gasteiger charge is -2.34. The van der Waals surface area contributed by atoms with E-state index in [1.807, 2.05) is 12.3 Å². The second-order valence-electron chi connectivity index (χ2n) is 10.7. The molecule has 0 radical (unpaired) electrons. The molecule has 4 aromatic rings. The van der Waals surface area contributed by atoms with Gasteiger partial charge in [0.25, 0.3) is 0 Å². The number of likely N-dealkylation sites (tertiary alicyclic amines) is 1. The van der Waals surface area contributed by atoms with Gasteiger partial charge < -0.3 is 21.0 Å². The number of nitriles is 1. The minimum Gasteiger partial charge on any atom is -0.373 e. The van der Waals surface area contributed by atoms with Crippen molar-refractivity contribution in [1.82, 2.24) is 25.9 Å². The summed E-state index contributed by atoms with van der Waals surface area (Å²) in [5.74, 6) is -0.880. The monoisotopic (exact) mass is 620 g/mol. The maximum atomic E-state index is 13.9. The Hall–Kier alpha value is -4.14. The highest BCUT2D eigenvalue weighted by atomic mass is 35.5. The average molecular weight is 622 g/mol. The van der Waals surface area contributed by atoms with E-state index in [4.69, 9.17) is 23.2 Å². The minimum absolute atomic E-state index is 0.0513. The number of hydrogen-bond donors (Lipinski definition) is 4. The van der Waals surface area contributed by atoms with Gasteiger partial charge in [-0.2, -0.15) is 5.26 Å². The van der Waals surface area contributed by atoms with Crippen LogP contribution in [-0.4, -0.2) is 41.1 Å². The third-order valence-corrected chi connectivity index (χ3v) is 8.33. The molecule has 2 aliphatic rings. The fraction of sp³-hybridized carbons (Fsp3) is 0.226. The fourth-order valence-electron chi connectivity index (χ4n) is 5.40. The first-order valence-electron chi connectivity index (χ1n) is 13.8. The number of nitrogens with one attached hydrogen (secondary N) is 4. The summed E-state index contributed by atoms with van der Waals surface area (Å²) in [5, 5.41) is 19.6. The minimum atomic E-state index is -0.549. The van der Waals surface area contributed by atoms with Crippen molar-refractivity contribution in [2.75, 3.05) is 30.8 Å². The van der Waals surface area contributed by atoms with Crippen LogP contribution in [0.4, 0.5) is 25.8 Å². The zero-order valence-corrected chi connectivity index (χ0v) is 24.6.